The van der Waals surface area contributed by atoms with Crippen molar-refractivity contribution >= 4 is 27.5 Å². The highest BCUT2D eigenvalue weighted by Crippen LogP contribution is 2.27. The number of carbonyl (C=O) groups excluding carboxylic acids is 2. The lowest BCUT2D eigenvalue weighted by molar-refractivity contribution is -0.126. The Hall–Kier alpha value is -3.07. The first-order chi connectivity index (χ1) is 16.9. The summed E-state index contributed by atoms with van der Waals surface area (Å²) in [5.74, 6) is 0.464. The van der Waals surface area contributed by atoms with Crippen LogP contribution in [0.15, 0.2) is 53.4 Å². The van der Waals surface area contributed by atoms with Gasteiger partial charge in [-0.2, -0.15) is 0 Å². The van der Waals surface area contributed by atoms with Gasteiger partial charge in [0.05, 0.1) is 17.7 Å². The van der Waals surface area contributed by atoms with Crippen molar-refractivity contribution in [2.45, 2.75) is 55.9 Å². The van der Waals surface area contributed by atoms with E-state index in [2.05, 4.69) is 10.0 Å². The van der Waals surface area contributed by atoms with Crippen LogP contribution in [0.5, 0.6) is 5.75 Å². The topological polar surface area (TPSA) is 105 Å². The van der Waals surface area contributed by atoms with Crippen LogP contribution in [0.1, 0.15) is 55.3 Å². The van der Waals surface area contributed by atoms with E-state index in [-0.39, 0.29) is 28.7 Å². The number of carbonyl (C=O) groups is 2. The van der Waals surface area contributed by atoms with Gasteiger partial charge in [0.1, 0.15) is 5.75 Å². The van der Waals surface area contributed by atoms with Crippen molar-refractivity contribution in [3.63, 3.8) is 0 Å². The number of methoxy groups -OCH3 is 1. The molecule has 35 heavy (non-hydrogen) atoms. The number of nitrogens with one attached hydrogen (secondary N) is 2. The van der Waals surface area contributed by atoms with Gasteiger partial charge in [0, 0.05) is 30.6 Å². The van der Waals surface area contributed by atoms with Gasteiger partial charge in [-0.1, -0.05) is 37.5 Å². The first-order valence-corrected chi connectivity index (χ1v) is 13.7. The lowest BCUT2D eigenvalue weighted by atomic mass is 9.88. The lowest BCUT2D eigenvalue weighted by Crippen LogP contribution is -2.48. The number of para-hydroxylation sites is 2. The third-order valence-corrected chi connectivity index (χ3v) is 8.21. The zero-order chi connectivity index (χ0) is 24.8. The molecule has 0 bridgehead atoms. The Bertz CT molecular complexity index is 1150. The first kappa shape index (κ1) is 25.0. The maximum Gasteiger partial charge on any atom is 0.262 e. The number of hydrogen-bond acceptors (Lipinski definition) is 5. The second-order valence-electron chi connectivity index (χ2n) is 9.24. The maximum absolute atomic E-state index is 13.1. The minimum absolute atomic E-state index is 0.00360. The Labute approximate surface area is 207 Å². The Balaban J connectivity index is 1.37. The Morgan fingerprint density at radius 3 is 2.37 bits per heavy atom. The number of anilines is 1. The second-order valence-corrected chi connectivity index (χ2v) is 10.9. The maximum atomic E-state index is 13.1. The van der Waals surface area contributed by atoms with Crippen LogP contribution in [0.2, 0.25) is 0 Å². The molecule has 8 nitrogen and oxygen atoms in total. The third-order valence-electron chi connectivity index (χ3n) is 6.85. The molecule has 1 saturated heterocycles. The van der Waals surface area contributed by atoms with Crippen LogP contribution in [0.25, 0.3) is 0 Å². The zero-order valence-corrected chi connectivity index (χ0v) is 20.9. The quantitative estimate of drug-likeness (QED) is 0.603. The molecule has 1 saturated carbocycles. The van der Waals surface area contributed by atoms with Gasteiger partial charge in [-0.05, 0) is 56.0 Å². The average Bonchev–Trinajstić information content (AvgIpc) is 2.89. The number of rotatable bonds is 7. The molecule has 1 aliphatic heterocycles. The molecule has 0 unspecified atom stereocenters. The second kappa shape index (κ2) is 11.1. The van der Waals surface area contributed by atoms with Gasteiger partial charge in [-0.15, -0.1) is 0 Å². The largest absolute Gasteiger partial charge is 0.495 e. The van der Waals surface area contributed by atoms with Crippen molar-refractivity contribution in [3.05, 3.63) is 54.1 Å². The van der Waals surface area contributed by atoms with Gasteiger partial charge in [-0.3, -0.25) is 14.3 Å². The van der Waals surface area contributed by atoms with Crippen LogP contribution in [-0.2, 0) is 14.8 Å². The van der Waals surface area contributed by atoms with Crippen LogP contribution < -0.4 is 14.8 Å². The normalized spacial score (nSPS) is 17.6. The summed E-state index contributed by atoms with van der Waals surface area (Å²) in [6.45, 7) is 1.04. The summed E-state index contributed by atoms with van der Waals surface area (Å²) in [7, 11) is -2.44. The molecule has 0 radical (unpaired) electrons. The van der Waals surface area contributed by atoms with E-state index in [0.29, 0.717) is 42.9 Å². The highest BCUT2D eigenvalue weighted by Gasteiger charge is 2.28. The van der Waals surface area contributed by atoms with E-state index in [0.717, 1.165) is 25.7 Å². The average molecular weight is 500 g/mol. The van der Waals surface area contributed by atoms with E-state index >= 15 is 0 Å². The number of ether oxygens (including phenoxy) is 1. The highest BCUT2D eigenvalue weighted by molar-refractivity contribution is 7.92. The molecular weight excluding hydrogens is 466 g/mol. The van der Waals surface area contributed by atoms with Gasteiger partial charge in [0.25, 0.3) is 15.9 Å². The number of amides is 2. The van der Waals surface area contributed by atoms with Crippen LogP contribution in [0.4, 0.5) is 5.69 Å². The van der Waals surface area contributed by atoms with E-state index in [1.807, 2.05) is 0 Å². The summed E-state index contributed by atoms with van der Waals surface area (Å²) in [6, 6.07) is 12.9. The van der Waals surface area contributed by atoms with Crippen molar-refractivity contribution in [1.29, 1.82) is 0 Å². The molecule has 9 heteroatoms. The van der Waals surface area contributed by atoms with Crippen molar-refractivity contribution in [2.24, 2.45) is 5.92 Å². The standard InChI is InChI=1S/C26H33N3O5S/c1-34-24-13-6-5-12-23(24)28-35(32,33)22-11-7-10-20(18-22)26(31)29-16-14-21(15-17-29)27-25(30)19-8-3-2-4-9-19/h5-7,10-13,18-19,21,28H,2-4,8-9,14-17H2,1H3,(H,27,30). The van der Waals surface area contributed by atoms with Gasteiger partial charge in [0.15, 0.2) is 0 Å². The van der Waals surface area contributed by atoms with E-state index in [1.54, 1.807) is 41.3 Å². The summed E-state index contributed by atoms with van der Waals surface area (Å²) in [5, 5.41) is 3.17. The minimum Gasteiger partial charge on any atom is -0.495 e. The lowest BCUT2D eigenvalue weighted by Gasteiger charge is -2.33. The molecule has 2 N–H and O–H groups in total. The fourth-order valence-corrected chi connectivity index (χ4v) is 5.94. The number of piperidine rings is 1. The van der Waals surface area contributed by atoms with Gasteiger partial charge in [0.2, 0.25) is 5.91 Å². The fourth-order valence-electron chi connectivity index (χ4n) is 4.82. The summed E-state index contributed by atoms with van der Waals surface area (Å²) in [4.78, 5) is 27.4. The van der Waals surface area contributed by atoms with Gasteiger partial charge in [-0.25, -0.2) is 8.42 Å². The molecule has 2 aromatic rings. The van der Waals surface area contributed by atoms with E-state index in [9.17, 15) is 18.0 Å². The fraction of sp³-hybridized carbons (Fsp3) is 0.462. The smallest absolute Gasteiger partial charge is 0.262 e. The molecule has 0 atom stereocenters. The molecule has 0 aromatic heterocycles. The Morgan fingerprint density at radius 2 is 1.66 bits per heavy atom. The number of hydrogen-bond donors (Lipinski definition) is 2. The molecular formula is C26H33N3O5S. The molecule has 2 aromatic carbocycles. The Morgan fingerprint density at radius 1 is 0.943 bits per heavy atom. The summed E-state index contributed by atoms with van der Waals surface area (Å²) in [5.41, 5.74) is 0.640. The number of benzene rings is 2. The van der Waals surface area contributed by atoms with Crippen LogP contribution >= 0.6 is 0 Å². The third kappa shape index (κ3) is 6.14. The van der Waals surface area contributed by atoms with Gasteiger partial charge >= 0.3 is 0 Å². The highest BCUT2D eigenvalue weighted by atomic mass is 32.2. The van der Waals surface area contributed by atoms with Crippen LogP contribution in [0.3, 0.4) is 0 Å². The van der Waals surface area contributed by atoms with Crippen molar-refractivity contribution in [3.8, 4) is 5.75 Å². The molecule has 2 amide bonds. The van der Waals surface area contributed by atoms with Crippen LogP contribution in [0, 0.1) is 5.92 Å². The predicted octanol–water partition coefficient (Wildman–Crippen LogP) is 3.80. The van der Waals surface area contributed by atoms with Crippen molar-refractivity contribution in [2.75, 3.05) is 24.9 Å². The number of sulfonamides is 1. The van der Waals surface area contributed by atoms with E-state index < -0.39 is 10.0 Å². The van der Waals surface area contributed by atoms with Crippen molar-refractivity contribution in [1.82, 2.24) is 10.2 Å². The first-order valence-electron chi connectivity index (χ1n) is 12.2. The van der Waals surface area contributed by atoms with Crippen molar-refractivity contribution < 1.29 is 22.7 Å². The van der Waals surface area contributed by atoms with Crippen LogP contribution in [-0.4, -0.2) is 51.4 Å². The molecule has 1 aliphatic carbocycles. The van der Waals surface area contributed by atoms with Gasteiger partial charge < -0.3 is 15.0 Å². The summed E-state index contributed by atoms with van der Waals surface area (Å²) < 4.78 is 33.7. The zero-order valence-electron chi connectivity index (χ0n) is 20.0. The summed E-state index contributed by atoms with van der Waals surface area (Å²) >= 11 is 0. The summed E-state index contributed by atoms with van der Waals surface area (Å²) in [6.07, 6.45) is 6.77. The molecule has 0 spiro atoms. The predicted molar refractivity (Wildman–Crippen MR) is 134 cm³/mol. The van der Waals surface area contributed by atoms with E-state index in [1.165, 1.54) is 25.7 Å². The SMILES string of the molecule is COc1ccccc1NS(=O)(=O)c1cccc(C(=O)N2CCC(NC(=O)C3CCCCC3)CC2)c1. The van der Waals surface area contributed by atoms with E-state index in [4.69, 9.17) is 4.74 Å². The minimum atomic E-state index is -3.91. The Kier molecular flexibility index (Phi) is 7.95. The monoisotopic (exact) mass is 499 g/mol. The molecule has 188 valence electrons. The number of nitrogens with zero attached hydrogens (tertiary/aromatic N) is 1. The molecule has 2 fully saturated rings. The molecule has 2 aliphatic rings. The molecule has 1 heterocycles. The molecule has 4 rings (SSSR count). The number of likely N-dealkylation sites (tertiary alicyclic amines) is 1.